The minimum absolute atomic E-state index is 0.281. The number of rotatable bonds is 5. The minimum Gasteiger partial charge on any atom is -0.457 e. The summed E-state index contributed by atoms with van der Waals surface area (Å²) in [5, 5.41) is 4.34. The number of para-hydroxylation sites is 1. The van der Waals surface area contributed by atoms with Crippen LogP contribution in [0.5, 0.6) is 11.5 Å². The largest absolute Gasteiger partial charge is 0.457 e. The highest BCUT2D eigenvalue weighted by molar-refractivity contribution is 5.88. The summed E-state index contributed by atoms with van der Waals surface area (Å²) >= 11 is 0. The van der Waals surface area contributed by atoms with Crippen molar-refractivity contribution in [1.82, 2.24) is 9.97 Å². The van der Waals surface area contributed by atoms with Crippen molar-refractivity contribution in [2.45, 2.75) is 6.54 Å². The Bertz CT molecular complexity index is 1010. The molecule has 0 atom stereocenters. The number of nitrogens with one attached hydrogen (secondary N) is 1. The summed E-state index contributed by atoms with van der Waals surface area (Å²) in [6, 6.07) is 21.6. The first kappa shape index (κ1) is 16.0. The summed E-state index contributed by atoms with van der Waals surface area (Å²) in [5.41, 5.74) is 2.01. The number of hydrogen-bond donors (Lipinski definition) is 1. The number of ether oxygens (including phenoxy) is 1. The smallest absolute Gasteiger partial charge is 0.137 e. The van der Waals surface area contributed by atoms with E-state index in [1.165, 1.54) is 12.1 Å². The predicted octanol–water partition coefficient (Wildman–Crippen LogP) is 5.17. The molecule has 4 nitrogen and oxygen atoms in total. The molecular formula is C21H16FN3O. The Labute approximate surface area is 150 Å². The minimum atomic E-state index is -0.281. The number of anilines is 1. The second-order valence-corrected chi connectivity index (χ2v) is 5.79. The van der Waals surface area contributed by atoms with Crippen LogP contribution in [0.3, 0.4) is 0 Å². The van der Waals surface area contributed by atoms with Gasteiger partial charge in [-0.1, -0.05) is 24.3 Å². The Morgan fingerprint density at radius 2 is 1.50 bits per heavy atom. The van der Waals surface area contributed by atoms with Gasteiger partial charge >= 0.3 is 0 Å². The van der Waals surface area contributed by atoms with Crippen molar-refractivity contribution >= 4 is 16.7 Å². The second kappa shape index (κ2) is 7.19. The fraction of sp³-hybridized carbons (Fsp3) is 0.0476. The zero-order chi connectivity index (χ0) is 17.8. The molecule has 128 valence electrons. The van der Waals surface area contributed by atoms with E-state index in [1.807, 2.05) is 48.5 Å². The predicted molar refractivity (Wildman–Crippen MR) is 99.8 cm³/mol. The molecule has 0 bridgehead atoms. The number of fused-ring (bicyclic) bond motifs is 1. The van der Waals surface area contributed by atoms with Crippen LogP contribution < -0.4 is 10.1 Å². The van der Waals surface area contributed by atoms with Crippen LogP contribution in [0.1, 0.15) is 5.56 Å². The lowest BCUT2D eigenvalue weighted by molar-refractivity contribution is 0.480. The van der Waals surface area contributed by atoms with Crippen molar-refractivity contribution in [3.05, 3.63) is 90.5 Å². The summed E-state index contributed by atoms with van der Waals surface area (Å²) < 4.78 is 18.6. The Kier molecular flexibility index (Phi) is 4.43. The molecular weight excluding hydrogens is 329 g/mol. The molecule has 1 heterocycles. The van der Waals surface area contributed by atoms with Gasteiger partial charge in [0, 0.05) is 11.9 Å². The third-order valence-electron chi connectivity index (χ3n) is 3.98. The molecule has 26 heavy (non-hydrogen) atoms. The van der Waals surface area contributed by atoms with Crippen LogP contribution in [-0.4, -0.2) is 9.97 Å². The zero-order valence-corrected chi connectivity index (χ0v) is 13.9. The number of benzene rings is 3. The molecule has 0 saturated carbocycles. The summed E-state index contributed by atoms with van der Waals surface area (Å²) in [4.78, 5) is 8.59. The highest BCUT2D eigenvalue weighted by Gasteiger charge is 2.03. The van der Waals surface area contributed by atoms with Gasteiger partial charge in [-0.15, -0.1) is 0 Å². The quantitative estimate of drug-likeness (QED) is 0.542. The molecule has 0 unspecified atom stereocenters. The van der Waals surface area contributed by atoms with Gasteiger partial charge in [0.1, 0.15) is 29.5 Å². The first-order valence-corrected chi connectivity index (χ1v) is 8.24. The SMILES string of the molecule is Fc1ccc(Oc2ccc(CNc3ncnc4ccccc34)cc2)cc1. The van der Waals surface area contributed by atoms with Gasteiger partial charge in [-0.2, -0.15) is 0 Å². The molecule has 5 heteroatoms. The lowest BCUT2D eigenvalue weighted by atomic mass is 10.2. The molecule has 0 aliphatic heterocycles. The van der Waals surface area contributed by atoms with E-state index in [-0.39, 0.29) is 5.82 Å². The standard InChI is InChI=1S/C21H16FN3O/c22-16-7-11-18(12-8-16)26-17-9-5-15(6-10-17)13-23-21-19-3-1-2-4-20(19)24-14-25-21/h1-12,14H,13H2,(H,23,24,25). The maximum atomic E-state index is 12.9. The van der Waals surface area contributed by atoms with Crippen LogP contribution in [0, 0.1) is 5.82 Å². The summed E-state index contributed by atoms with van der Waals surface area (Å²) in [5.74, 6) is 1.83. The van der Waals surface area contributed by atoms with Gasteiger partial charge in [0.25, 0.3) is 0 Å². The van der Waals surface area contributed by atoms with Crippen molar-refractivity contribution in [3.8, 4) is 11.5 Å². The molecule has 0 aliphatic carbocycles. The van der Waals surface area contributed by atoms with E-state index < -0.39 is 0 Å². The van der Waals surface area contributed by atoms with Crippen molar-refractivity contribution in [1.29, 1.82) is 0 Å². The zero-order valence-electron chi connectivity index (χ0n) is 13.9. The van der Waals surface area contributed by atoms with Gasteiger partial charge in [-0.25, -0.2) is 14.4 Å². The van der Waals surface area contributed by atoms with E-state index in [0.717, 1.165) is 22.3 Å². The molecule has 0 spiro atoms. The van der Waals surface area contributed by atoms with E-state index in [9.17, 15) is 4.39 Å². The molecule has 3 aromatic carbocycles. The highest BCUT2D eigenvalue weighted by atomic mass is 19.1. The van der Waals surface area contributed by atoms with E-state index in [4.69, 9.17) is 4.74 Å². The maximum absolute atomic E-state index is 12.9. The Morgan fingerprint density at radius 3 is 2.27 bits per heavy atom. The fourth-order valence-electron chi connectivity index (χ4n) is 2.65. The molecule has 4 rings (SSSR count). The summed E-state index contributed by atoms with van der Waals surface area (Å²) in [6.07, 6.45) is 1.56. The second-order valence-electron chi connectivity index (χ2n) is 5.79. The third-order valence-corrected chi connectivity index (χ3v) is 3.98. The van der Waals surface area contributed by atoms with Crippen molar-refractivity contribution in [2.75, 3.05) is 5.32 Å². The van der Waals surface area contributed by atoms with E-state index >= 15 is 0 Å². The first-order valence-electron chi connectivity index (χ1n) is 8.24. The summed E-state index contributed by atoms with van der Waals surface area (Å²) in [7, 11) is 0. The van der Waals surface area contributed by atoms with E-state index in [2.05, 4.69) is 15.3 Å². The van der Waals surface area contributed by atoms with Crippen molar-refractivity contribution in [3.63, 3.8) is 0 Å². The molecule has 0 radical (unpaired) electrons. The van der Waals surface area contributed by atoms with Crippen LogP contribution in [0.4, 0.5) is 10.2 Å². The highest BCUT2D eigenvalue weighted by Crippen LogP contribution is 2.23. The van der Waals surface area contributed by atoms with Gasteiger partial charge in [-0.05, 0) is 54.1 Å². The Morgan fingerprint density at radius 1 is 0.808 bits per heavy atom. The number of hydrogen-bond acceptors (Lipinski definition) is 4. The molecule has 4 aromatic rings. The average Bonchev–Trinajstić information content (AvgIpc) is 2.69. The molecule has 0 fully saturated rings. The van der Waals surface area contributed by atoms with E-state index in [1.54, 1.807) is 18.5 Å². The summed E-state index contributed by atoms with van der Waals surface area (Å²) in [6.45, 7) is 0.637. The maximum Gasteiger partial charge on any atom is 0.137 e. The van der Waals surface area contributed by atoms with Crippen LogP contribution in [0.25, 0.3) is 10.9 Å². The van der Waals surface area contributed by atoms with Gasteiger partial charge < -0.3 is 10.1 Å². The number of halogens is 1. The first-order chi connectivity index (χ1) is 12.8. The topological polar surface area (TPSA) is 47.0 Å². The molecule has 0 saturated heterocycles. The molecule has 1 aromatic heterocycles. The van der Waals surface area contributed by atoms with Gasteiger partial charge in [-0.3, -0.25) is 0 Å². The average molecular weight is 345 g/mol. The fourth-order valence-corrected chi connectivity index (χ4v) is 2.65. The normalized spacial score (nSPS) is 10.7. The van der Waals surface area contributed by atoms with Gasteiger partial charge in [0.05, 0.1) is 5.52 Å². The molecule has 0 amide bonds. The van der Waals surface area contributed by atoms with Crippen molar-refractivity contribution < 1.29 is 9.13 Å². The molecule has 0 aliphatic rings. The van der Waals surface area contributed by atoms with Crippen LogP contribution >= 0.6 is 0 Å². The number of nitrogens with zero attached hydrogens (tertiary/aromatic N) is 2. The van der Waals surface area contributed by atoms with Crippen molar-refractivity contribution in [2.24, 2.45) is 0 Å². The Hall–Kier alpha value is -3.47. The lowest BCUT2D eigenvalue weighted by Gasteiger charge is -2.09. The third kappa shape index (κ3) is 3.62. The Balaban J connectivity index is 1.43. The van der Waals surface area contributed by atoms with Crippen LogP contribution in [-0.2, 0) is 6.54 Å². The van der Waals surface area contributed by atoms with Crippen LogP contribution in [0.15, 0.2) is 79.1 Å². The number of aromatic nitrogens is 2. The van der Waals surface area contributed by atoms with Gasteiger partial charge in [0.15, 0.2) is 0 Å². The lowest BCUT2D eigenvalue weighted by Crippen LogP contribution is -2.02. The van der Waals surface area contributed by atoms with E-state index in [0.29, 0.717) is 18.0 Å². The van der Waals surface area contributed by atoms with Crippen LogP contribution in [0.2, 0.25) is 0 Å². The monoisotopic (exact) mass is 345 g/mol. The molecule has 1 N–H and O–H groups in total. The van der Waals surface area contributed by atoms with Gasteiger partial charge in [0.2, 0.25) is 0 Å².